The van der Waals surface area contributed by atoms with Gasteiger partial charge in [0.1, 0.15) is 5.69 Å². The van der Waals surface area contributed by atoms with Gasteiger partial charge in [-0.05, 0) is 42.8 Å². The second kappa shape index (κ2) is 6.00. The van der Waals surface area contributed by atoms with Crippen molar-refractivity contribution in [1.29, 1.82) is 0 Å². The molecule has 1 aliphatic rings. The predicted molar refractivity (Wildman–Crippen MR) is 82.3 cm³/mol. The minimum absolute atomic E-state index is 0.0915. The Morgan fingerprint density at radius 1 is 1.26 bits per heavy atom. The van der Waals surface area contributed by atoms with Crippen molar-refractivity contribution in [2.75, 3.05) is 11.9 Å². The van der Waals surface area contributed by atoms with Crippen LogP contribution in [0.15, 0.2) is 42.6 Å². The first-order chi connectivity index (χ1) is 11.1. The maximum Gasteiger partial charge on any atom is 0.357 e. The van der Waals surface area contributed by atoms with Gasteiger partial charge in [0.15, 0.2) is 12.4 Å². The lowest BCUT2D eigenvalue weighted by Crippen LogP contribution is -2.15. The summed E-state index contributed by atoms with van der Waals surface area (Å²) in [7, 11) is 0. The molecule has 0 saturated carbocycles. The van der Waals surface area contributed by atoms with Crippen molar-refractivity contribution in [3.05, 3.63) is 59.4 Å². The molecular formula is C17H14N2O4. The maximum absolute atomic E-state index is 12.2. The molecule has 0 saturated heterocycles. The van der Waals surface area contributed by atoms with E-state index in [1.165, 1.54) is 12.3 Å². The molecule has 1 aromatic carbocycles. The highest BCUT2D eigenvalue weighted by Gasteiger charge is 2.27. The van der Waals surface area contributed by atoms with E-state index in [0.717, 1.165) is 5.56 Å². The van der Waals surface area contributed by atoms with Gasteiger partial charge in [-0.15, -0.1) is 0 Å². The number of benzene rings is 1. The lowest BCUT2D eigenvalue weighted by atomic mass is 9.99. The number of anilines is 1. The van der Waals surface area contributed by atoms with Gasteiger partial charge in [0.25, 0.3) is 0 Å². The number of fused-ring (bicyclic) bond motifs is 1. The van der Waals surface area contributed by atoms with Gasteiger partial charge in [0, 0.05) is 17.4 Å². The molecule has 0 aliphatic carbocycles. The highest BCUT2D eigenvalue weighted by Crippen LogP contribution is 2.32. The molecule has 0 spiro atoms. The highest BCUT2D eigenvalue weighted by atomic mass is 16.5. The van der Waals surface area contributed by atoms with Crippen LogP contribution in [0.2, 0.25) is 0 Å². The summed E-state index contributed by atoms with van der Waals surface area (Å²) in [5.41, 5.74) is 2.04. The number of carbonyl (C=O) groups excluding carboxylic acids is 3. The Kier molecular flexibility index (Phi) is 3.89. The first-order valence-corrected chi connectivity index (χ1v) is 7.12. The summed E-state index contributed by atoms with van der Waals surface area (Å²) in [5.74, 6) is -1.37. The Morgan fingerprint density at radius 2 is 2.09 bits per heavy atom. The molecule has 1 atom stereocenters. The molecule has 2 aromatic rings. The quantitative estimate of drug-likeness (QED) is 0.691. The number of hydrogen-bond acceptors (Lipinski definition) is 5. The van der Waals surface area contributed by atoms with Gasteiger partial charge < -0.3 is 10.1 Å². The van der Waals surface area contributed by atoms with Gasteiger partial charge in [-0.25, -0.2) is 9.78 Å². The number of amides is 1. The Morgan fingerprint density at radius 3 is 2.83 bits per heavy atom. The molecule has 0 fully saturated rings. The van der Waals surface area contributed by atoms with Gasteiger partial charge in [-0.2, -0.15) is 0 Å². The first-order valence-electron chi connectivity index (χ1n) is 7.12. The number of aromatic nitrogens is 1. The van der Waals surface area contributed by atoms with E-state index in [1.54, 1.807) is 37.3 Å². The molecule has 1 aromatic heterocycles. The Bertz CT molecular complexity index is 786. The molecule has 0 bridgehead atoms. The molecule has 1 N–H and O–H groups in total. The average Bonchev–Trinajstić information content (AvgIpc) is 2.87. The standard InChI is InChI=1S/C17H14N2O4/c1-10-12-8-11(5-6-13(12)19-16(10)21)15(20)9-23-17(22)14-4-2-3-7-18-14/h2-8,10H,9H2,1H3,(H,19,21)/t10-/m0/s1. The van der Waals surface area contributed by atoms with Gasteiger partial charge in [-0.3, -0.25) is 9.59 Å². The summed E-state index contributed by atoms with van der Waals surface area (Å²) in [4.78, 5) is 39.4. The summed E-state index contributed by atoms with van der Waals surface area (Å²) in [5, 5.41) is 2.74. The fourth-order valence-electron chi connectivity index (χ4n) is 2.36. The van der Waals surface area contributed by atoms with Crippen LogP contribution in [-0.4, -0.2) is 29.3 Å². The molecule has 0 radical (unpaired) electrons. The minimum Gasteiger partial charge on any atom is -0.453 e. The fourth-order valence-corrected chi connectivity index (χ4v) is 2.36. The van der Waals surface area contributed by atoms with Gasteiger partial charge in [-0.1, -0.05) is 6.07 Å². The van der Waals surface area contributed by atoms with Crippen molar-refractivity contribution in [3.8, 4) is 0 Å². The summed E-state index contributed by atoms with van der Waals surface area (Å²) < 4.78 is 4.98. The zero-order valence-corrected chi connectivity index (χ0v) is 12.4. The van der Waals surface area contributed by atoms with Crippen LogP contribution in [0.4, 0.5) is 5.69 Å². The van der Waals surface area contributed by atoms with Crippen LogP contribution >= 0.6 is 0 Å². The van der Waals surface area contributed by atoms with Crippen LogP contribution < -0.4 is 5.32 Å². The van der Waals surface area contributed by atoms with E-state index in [0.29, 0.717) is 11.3 Å². The van der Waals surface area contributed by atoms with Gasteiger partial charge in [0.2, 0.25) is 5.91 Å². The summed E-state index contributed by atoms with van der Waals surface area (Å²) in [6, 6.07) is 9.81. The number of pyridine rings is 1. The van der Waals surface area contributed by atoms with E-state index in [-0.39, 0.29) is 29.9 Å². The largest absolute Gasteiger partial charge is 0.453 e. The number of carbonyl (C=O) groups is 3. The number of esters is 1. The van der Waals surface area contributed by atoms with E-state index < -0.39 is 5.97 Å². The lowest BCUT2D eigenvalue weighted by molar-refractivity contribution is -0.116. The van der Waals surface area contributed by atoms with E-state index in [2.05, 4.69) is 10.3 Å². The molecule has 23 heavy (non-hydrogen) atoms. The summed E-state index contributed by atoms with van der Waals surface area (Å²) in [6.45, 7) is 1.40. The van der Waals surface area contributed by atoms with Crippen LogP contribution in [0.1, 0.15) is 39.3 Å². The Balaban J connectivity index is 1.68. The third-order valence-corrected chi connectivity index (χ3v) is 3.70. The van der Waals surface area contributed by atoms with Gasteiger partial charge >= 0.3 is 5.97 Å². The van der Waals surface area contributed by atoms with Crippen LogP contribution in [0.3, 0.4) is 0 Å². The number of hydrogen-bond donors (Lipinski definition) is 1. The molecule has 116 valence electrons. The van der Waals surface area contributed by atoms with Crippen LogP contribution in [0.5, 0.6) is 0 Å². The Hall–Kier alpha value is -3.02. The SMILES string of the molecule is C[C@@H]1C(=O)Nc2ccc(C(=O)COC(=O)c3ccccn3)cc21. The predicted octanol–water partition coefficient (Wildman–Crippen LogP) is 2.18. The van der Waals surface area contributed by atoms with E-state index in [9.17, 15) is 14.4 Å². The maximum atomic E-state index is 12.2. The highest BCUT2D eigenvalue weighted by molar-refractivity contribution is 6.05. The molecule has 2 heterocycles. The molecule has 6 nitrogen and oxygen atoms in total. The van der Waals surface area contributed by atoms with Crippen molar-refractivity contribution in [2.45, 2.75) is 12.8 Å². The topological polar surface area (TPSA) is 85.4 Å². The molecule has 6 heteroatoms. The zero-order chi connectivity index (χ0) is 16.4. The first kappa shape index (κ1) is 14.9. The van der Waals surface area contributed by atoms with Crippen LogP contribution in [-0.2, 0) is 9.53 Å². The number of ether oxygens (including phenoxy) is 1. The summed E-state index contributed by atoms with van der Waals surface area (Å²) >= 11 is 0. The van der Waals surface area contributed by atoms with E-state index in [4.69, 9.17) is 4.74 Å². The molecular weight excluding hydrogens is 296 g/mol. The van der Waals surface area contributed by atoms with Crippen molar-refractivity contribution in [3.63, 3.8) is 0 Å². The second-order valence-corrected chi connectivity index (χ2v) is 5.23. The van der Waals surface area contributed by atoms with Crippen LogP contribution in [0.25, 0.3) is 0 Å². The van der Waals surface area contributed by atoms with Crippen LogP contribution in [0, 0.1) is 0 Å². The number of nitrogens with one attached hydrogen (secondary N) is 1. The number of nitrogens with zero attached hydrogens (tertiary/aromatic N) is 1. The lowest BCUT2D eigenvalue weighted by Gasteiger charge is -2.06. The van der Waals surface area contributed by atoms with E-state index in [1.807, 2.05) is 0 Å². The smallest absolute Gasteiger partial charge is 0.357 e. The zero-order valence-electron chi connectivity index (χ0n) is 12.4. The van der Waals surface area contributed by atoms with E-state index >= 15 is 0 Å². The average molecular weight is 310 g/mol. The Labute approximate surface area is 132 Å². The number of Topliss-reactive ketones (excluding diaryl/α,β-unsaturated/α-hetero) is 1. The van der Waals surface area contributed by atoms with Gasteiger partial charge in [0.05, 0.1) is 5.92 Å². The molecule has 3 rings (SSSR count). The molecule has 0 unspecified atom stereocenters. The fraction of sp³-hybridized carbons (Fsp3) is 0.176. The van der Waals surface area contributed by atoms with Crippen molar-refractivity contribution < 1.29 is 19.1 Å². The van der Waals surface area contributed by atoms with Crippen molar-refractivity contribution in [1.82, 2.24) is 4.98 Å². The second-order valence-electron chi connectivity index (χ2n) is 5.23. The third-order valence-electron chi connectivity index (χ3n) is 3.70. The van der Waals surface area contributed by atoms with Crippen molar-refractivity contribution >= 4 is 23.3 Å². The molecule has 1 aliphatic heterocycles. The number of ketones is 1. The number of rotatable bonds is 4. The monoisotopic (exact) mass is 310 g/mol. The minimum atomic E-state index is -0.648. The van der Waals surface area contributed by atoms with Crippen molar-refractivity contribution in [2.24, 2.45) is 0 Å². The summed E-state index contributed by atoms with van der Waals surface area (Å²) in [6.07, 6.45) is 1.48. The molecule has 1 amide bonds. The third kappa shape index (κ3) is 2.96. The normalized spacial score (nSPS) is 15.7.